The Morgan fingerprint density at radius 1 is 1.26 bits per heavy atom. The van der Waals surface area contributed by atoms with Gasteiger partial charge in [-0.1, -0.05) is 17.7 Å². The summed E-state index contributed by atoms with van der Waals surface area (Å²) in [4.78, 5) is 26.9. The Balaban J connectivity index is 2.06. The molecule has 140 valence electrons. The fourth-order valence-electron chi connectivity index (χ4n) is 2.21. The van der Waals surface area contributed by atoms with Crippen LogP contribution in [-0.2, 0) is 4.74 Å². The third-order valence-corrected chi connectivity index (χ3v) is 3.96. The van der Waals surface area contributed by atoms with Gasteiger partial charge in [-0.15, -0.1) is 0 Å². The fraction of sp³-hybridized carbons (Fsp3) is 0.222. The van der Waals surface area contributed by atoms with E-state index in [1.54, 1.807) is 51.2 Å². The van der Waals surface area contributed by atoms with Crippen LogP contribution in [0.15, 0.2) is 47.3 Å². The minimum Gasteiger partial charge on any atom is -0.443 e. The summed E-state index contributed by atoms with van der Waals surface area (Å²) in [7, 11) is 0. The van der Waals surface area contributed by atoms with E-state index in [2.05, 4.69) is 15.0 Å². The molecule has 2 heterocycles. The zero-order valence-corrected chi connectivity index (χ0v) is 17.7. The van der Waals surface area contributed by atoms with Crippen molar-refractivity contribution in [3.8, 4) is 11.5 Å². The Morgan fingerprint density at radius 3 is 2.67 bits per heavy atom. The SMILES string of the molecule is CC(C)(C)OC(=O)N(c1cccc(Cl)c1)c1cncc(-c2cnc(I)o2)n1. The smallest absolute Gasteiger partial charge is 0.420 e. The maximum atomic E-state index is 12.9. The number of rotatable bonds is 3. The molecule has 0 atom stereocenters. The fourth-order valence-corrected chi connectivity index (χ4v) is 2.77. The minimum absolute atomic E-state index is 0.274. The molecular formula is C18H16ClIN4O3. The van der Waals surface area contributed by atoms with E-state index >= 15 is 0 Å². The van der Waals surface area contributed by atoms with Crippen molar-refractivity contribution < 1.29 is 13.9 Å². The second kappa shape index (κ2) is 7.81. The number of nitrogens with zero attached hydrogens (tertiary/aromatic N) is 4. The summed E-state index contributed by atoms with van der Waals surface area (Å²) in [6.07, 6.45) is 3.96. The van der Waals surface area contributed by atoms with E-state index in [0.717, 1.165) is 0 Å². The topological polar surface area (TPSA) is 81.4 Å². The van der Waals surface area contributed by atoms with Crippen molar-refractivity contribution in [2.24, 2.45) is 0 Å². The van der Waals surface area contributed by atoms with E-state index in [-0.39, 0.29) is 5.82 Å². The van der Waals surface area contributed by atoms with Crippen molar-refractivity contribution in [2.45, 2.75) is 26.4 Å². The lowest BCUT2D eigenvalue weighted by atomic mass is 10.2. The van der Waals surface area contributed by atoms with Crippen LogP contribution in [0.4, 0.5) is 16.3 Å². The molecule has 9 heteroatoms. The molecule has 0 radical (unpaired) electrons. The molecule has 1 amide bonds. The molecule has 0 aliphatic heterocycles. The van der Waals surface area contributed by atoms with E-state index in [1.807, 2.05) is 22.6 Å². The molecule has 0 fully saturated rings. The van der Waals surface area contributed by atoms with E-state index in [1.165, 1.54) is 17.3 Å². The van der Waals surface area contributed by atoms with Crippen molar-refractivity contribution in [1.82, 2.24) is 15.0 Å². The van der Waals surface area contributed by atoms with Gasteiger partial charge in [0.15, 0.2) is 11.6 Å². The number of oxazole rings is 1. The van der Waals surface area contributed by atoms with Crippen LogP contribution in [0.2, 0.25) is 5.02 Å². The quantitative estimate of drug-likeness (QED) is 0.446. The normalized spacial score (nSPS) is 11.3. The predicted octanol–water partition coefficient (Wildman–Crippen LogP) is 5.46. The first kappa shape index (κ1) is 19.6. The van der Waals surface area contributed by atoms with Gasteiger partial charge < -0.3 is 9.15 Å². The average molecular weight is 499 g/mol. The second-order valence-electron chi connectivity index (χ2n) is 6.54. The van der Waals surface area contributed by atoms with Gasteiger partial charge in [0.2, 0.25) is 0 Å². The third kappa shape index (κ3) is 4.95. The van der Waals surface area contributed by atoms with Crippen LogP contribution in [0, 0.1) is 3.90 Å². The van der Waals surface area contributed by atoms with E-state index < -0.39 is 11.7 Å². The van der Waals surface area contributed by atoms with Crippen LogP contribution in [0.3, 0.4) is 0 Å². The standard InChI is InChI=1S/C18H16ClIN4O3/c1-18(2,3)27-17(25)24(12-6-4-5-11(19)7-12)15-10-21-8-13(23-15)14-9-22-16(20)26-14/h4-10H,1-3H3. The van der Waals surface area contributed by atoms with Gasteiger partial charge in [-0.2, -0.15) is 0 Å². The molecular weight excluding hydrogens is 483 g/mol. The Hall–Kier alpha value is -2.20. The number of carbonyl (C=O) groups excluding carboxylic acids is 1. The number of hydrogen-bond acceptors (Lipinski definition) is 6. The molecule has 0 aliphatic rings. The zero-order chi connectivity index (χ0) is 19.6. The molecule has 0 saturated carbocycles. The van der Waals surface area contributed by atoms with Crippen molar-refractivity contribution in [1.29, 1.82) is 0 Å². The van der Waals surface area contributed by atoms with E-state index in [9.17, 15) is 4.79 Å². The highest BCUT2D eigenvalue weighted by Gasteiger charge is 2.27. The monoisotopic (exact) mass is 498 g/mol. The summed E-state index contributed by atoms with van der Waals surface area (Å²) in [5.41, 5.74) is 0.272. The molecule has 27 heavy (non-hydrogen) atoms. The first-order chi connectivity index (χ1) is 12.7. The number of halogens is 2. The summed E-state index contributed by atoms with van der Waals surface area (Å²) in [5, 5.41) is 0.481. The average Bonchev–Trinajstić information content (AvgIpc) is 3.00. The Bertz CT molecular complexity index is 971. The van der Waals surface area contributed by atoms with Crippen LogP contribution in [0.1, 0.15) is 20.8 Å². The highest BCUT2D eigenvalue weighted by Crippen LogP contribution is 2.29. The van der Waals surface area contributed by atoms with Gasteiger partial charge >= 0.3 is 6.09 Å². The largest absolute Gasteiger partial charge is 0.443 e. The molecule has 1 aromatic carbocycles. The van der Waals surface area contributed by atoms with E-state index in [0.29, 0.717) is 26.1 Å². The molecule has 0 spiro atoms. The van der Waals surface area contributed by atoms with Gasteiger partial charge in [0.25, 0.3) is 3.90 Å². The summed E-state index contributed by atoms with van der Waals surface area (Å²) in [5.74, 6) is 0.722. The number of amides is 1. The van der Waals surface area contributed by atoms with Gasteiger partial charge in [-0.3, -0.25) is 4.98 Å². The Kier molecular flexibility index (Phi) is 5.66. The molecule has 0 aliphatic carbocycles. The zero-order valence-electron chi connectivity index (χ0n) is 14.8. The first-order valence-electron chi connectivity index (χ1n) is 7.95. The lowest BCUT2D eigenvalue weighted by Gasteiger charge is -2.26. The summed E-state index contributed by atoms with van der Waals surface area (Å²) >= 11 is 8.07. The van der Waals surface area contributed by atoms with Gasteiger partial charge in [0, 0.05) is 27.6 Å². The van der Waals surface area contributed by atoms with Crippen LogP contribution in [-0.4, -0.2) is 26.6 Å². The van der Waals surface area contributed by atoms with Gasteiger partial charge in [0.05, 0.1) is 24.3 Å². The van der Waals surface area contributed by atoms with Gasteiger partial charge in [-0.05, 0) is 39.0 Å². The molecule has 0 unspecified atom stereocenters. The summed E-state index contributed by atoms with van der Waals surface area (Å²) in [6, 6.07) is 6.85. The lowest BCUT2D eigenvalue weighted by Crippen LogP contribution is -2.34. The number of ether oxygens (including phenoxy) is 1. The Morgan fingerprint density at radius 2 is 2.04 bits per heavy atom. The minimum atomic E-state index is -0.681. The maximum Gasteiger partial charge on any atom is 0.420 e. The van der Waals surface area contributed by atoms with Crippen LogP contribution in [0.5, 0.6) is 0 Å². The highest BCUT2D eigenvalue weighted by atomic mass is 127. The van der Waals surface area contributed by atoms with Crippen LogP contribution < -0.4 is 4.90 Å². The summed E-state index contributed by atoms with van der Waals surface area (Å²) < 4.78 is 11.5. The molecule has 0 bridgehead atoms. The number of carbonyl (C=O) groups is 1. The van der Waals surface area contributed by atoms with Crippen molar-refractivity contribution in [3.05, 3.63) is 51.8 Å². The molecule has 0 saturated heterocycles. The number of hydrogen-bond donors (Lipinski definition) is 0. The Labute approximate surface area is 174 Å². The summed E-state index contributed by atoms with van der Waals surface area (Å²) in [6.45, 7) is 5.37. The third-order valence-electron chi connectivity index (χ3n) is 3.22. The molecule has 7 nitrogen and oxygen atoms in total. The van der Waals surface area contributed by atoms with Crippen molar-refractivity contribution in [2.75, 3.05) is 4.90 Å². The second-order valence-corrected chi connectivity index (χ2v) is 7.89. The molecule has 0 N–H and O–H groups in total. The van der Waals surface area contributed by atoms with Crippen molar-refractivity contribution >= 4 is 51.8 Å². The van der Waals surface area contributed by atoms with Crippen LogP contribution in [0.25, 0.3) is 11.5 Å². The lowest BCUT2D eigenvalue weighted by molar-refractivity contribution is 0.0598. The van der Waals surface area contributed by atoms with Crippen LogP contribution >= 0.6 is 34.2 Å². The van der Waals surface area contributed by atoms with Gasteiger partial charge in [0.1, 0.15) is 11.3 Å². The number of aromatic nitrogens is 3. The van der Waals surface area contributed by atoms with Gasteiger partial charge in [-0.25, -0.2) is 19.7 Å². The van der Waals surface area contributed by atoms with E-state index in [4.69, 9.17) is 20.8 Å². The molecule has 2 aromatic heterocycles. The highest BCUT2D eigenvalue weighted by molar-refractivity contribution is 14.1. The number of benzene rings is 1. The molecule has 3 aromatic rings. The number of anilines is 2. The molecule has 3 rings (SSSR count). The maximum absolute atomic E-state index is 12.9. The van der Waals surface area contributed by atoms with Crippen molar-refractivity contribution in [3.63, 3.8) is 0 Å². The predicted molar refractivity (Wildman–Crippen MR) is 110 cm³/mol. The first-order valence-corrected chi connectivity index (χ1v) is 9.41.